The lowest BCUT2D eigenvalue weighted by atomic mass is 10.0. The Hall–Kier alpha value is -3.56. The minimum absolute atomic E-state index is 0.801. The summed E-state index contributed by atoms with van der Waals surface area (Å²) in [6.07, 6.45) is 0. The molecule has 0 aliphatic carbocycles. The van der Waals surface area contributed by atoms with Crippen molar-refractivity contribution in [3.63, 3.8) is 0 Å². The molecule has 1 aliphatic rings. The van der Waals surface area contributed by atoms with Crippen LogP contribution in [0.15, 0.2) is 97.1 Å². The number of rotatable bonds is 2. The Morgan fingerprint density at radius 2 is 1.17 bits per heavy atom. The molecule has 3 heteroatoms. The largest absolute Gasteiger partial charge is 0.228 e. The topological polar surface area (TPSA) is 25.8 Å². The van der Waals surface area contributed by atoms with Gasteiger partial charge in [0.05, 0.1) is 11.4 Å². The van der Waals surface area contributed by atoms with E-state index in [1.165, 1.54) is 32.3 Å². The molecule has 0 bridgehead atoms. The van der Waals surface area contributed by atoms with Crippen molar-refractivity contribution < 1.29 is 0 Å². The minimum atomic E-state index is -1.40. The third-order valence-electron chi connectivity index (χ3n) is 6.10. The van der Waals surface area contributed by atoms with Crippen LogP contribution in [0, 0.1) is 0 Å². The summed E-state index contributed by atoms with van der Waals surface area (Å²) >= 11 is 0. The van der Waals surface area contributed by atoms with Crippen molar-refractivity contribution in [3.05, 3.63) is 97.1 Å². The third-order valence-corrected chi connectivity index (χ3v) is 8.92. The third kappa shape index (κ3) is 2.63. The van der Waals surface area contributed by atoms with E-state index in [-0.39, 0.29) is 0 Å². The van der Waals surface area contributed by atoms with Crippen LogP contribution in [0.25, 0.3) is 44.7 Å². The standard InChI is InChI=1S/C27H20N2Si/c1-30-23-17-21-15-9-8-14-20(21)16-22(23)25-26(30)24(18-10-4-2-5-11-18)28-27(29-25)19-12-6-3-7-13-19/h2-17,30H,1H3. The summed E-state index contributed by atoms with van der Waals surface area (Å²) < 4.78 is 0. The summed E-state index contributed by atoms with van der Waals surface area (Å²) in [5.74, 6) is 0.801. The average molecular weight is 401 g/mol. The summed E-state index contributed by atoms with van der Waals surface area (Å²) in [4.78, 5) is 10.2. The highest BCUT2D eigenvalue weighted by Gasteiger charge is 2.32. The second-order valence-corrected chi connectivity index (χ2v) is 10.5. The average Bonchev–Trinajstić information content (AvgIpc) is 3.09. The van der Waals surface area contributed by atoms with Gasteiger partial charge in [-0.25, -0.2) is 9.97 Å². The molecular formula is C27H20N2Si. The molecule has 30 heavy (non-hydrogen) atoms. The lowest BCUT2D eigenvalue weighted by Gasteiger charge is -2.13. The zero-order chi connectivity index (χ0) is 20.1. The Bertz CT molecular complexity index is 1400. The lowest BCUT2D eigenvalue weighted by Crippen LogP contribution is -2.36. The highest BCUT2D eigenvalue weighted by Crippen LogP contribution is 2.31. The van der Waals surface area contributed by atoms with Crippen molar-refractivity contribution >= 4 is 29.9 Å². The molecule has 1 aromatic heterocycles. The molecule has 1 aliphatic heterocycles. The highest BCUT2D eigenvalue weighted by atomic mass is 28.3. The van der Waals surface area contributed by atoms with E-state index in [0.29, 0.717) is 0 Å². The molecule has 1 unspecified atom stereocenters. The second kappa shape index (κ2) is 6.75. The maximum atomic E-state index is 5.13. The van der Waals surface area contributed by atoms with E-state index in [1.54, 1.807) is 0 Å². The maximum absolute atomic E-state index is 5.13. The van der Waals surface area contributed by atoms with Crippen LogP contribution >= 0.6 is 0 Å². The van der Waals surface area contributed by atoms with Crippen LogP contribution in [-0.4, -0.2) is 18.8 Å². The Kier molecular flexibility index (Phi) is 3.89. The van der Waals surface area contributed by atoms with E-state index >= 15 is 0 Å². The van der Waals surface area contributed by atoms with Crippen LogP contribution in [0.2, 0.25) is 6.55 Å². The van der Waals surface area contributed by atoms with Crippen LogP contribution in [0.1, 0.15) is 0 Å². The van der Waals surface area contributed by atoms with Crippen LogP contribution in [0.3, 0.4) is 0 Å². The van der Waals surface area contributed by atoms with Gasteiger partial charge in [0.1, 0.15) is 8.80 Å². The number of hydrogen-bond acceptors (Lipinski definition) is 2. The van der Waals surface area contributed by atoms with Crippen LogP contribution < -0.4 is 10.4 Å². The summed E-state index contributed by atoms with van der Waals surface area (Å²) in [5, 5.41) is 5.42. The summed E-state index contributed by atoms with van der Waals surface area (Å²) in [6, 6.07) is 34.2. The van der Waals surface area contributed by atoms with Crippen molar-refractivity contribution in [2.24, 2.45) is 0 Å². The molecule has 0 saturated heterocycles. The molecule has 0 spiro atoms. The Morgan fingerprint density at radius 1 is 0.600 bits per heavy atom. The summed E-state index contributed by atoms with van der Waals surface area (Å²) in [6.45, 7) is 2.41. The van der Waals surface area contributed by atoms with Gasteiger partial charge in [-0.2, -0.15) is 0 Å². The molecule has 2 heterocycles. The van der Waals surface area contributed by atoms with E-state index in [2.05, 4.69) is 85.4 Å². The number of hydrogen-bond donors (Lipinski definition) is 0. The number of fused-ring (bicyclic) bond motifs is 4. The van der Waals surface area contributed by atoms with Crippen molar-refractivity contribution in [2.45, 2.75) is 6.55 Å². The lowest BCUT2D eigenvalue weighted by molar-refractivity contribution is 1.20. The van der Waals surface area contributed by atoms with Crippen molar-refractivity contribution in [2.75, 3.05) is 0 Å². The first-order valence-electron chi connectivity index (χ1n) is 10.4. The molecule has 4 aromatic carbocycles. The Morgan fingerprint density at radius 3 is 1.87 bits per heavy atom. The van der Waals surface area contributed by atoms with E-state index < -0.39 is 8.80 Å². The van der Waals surface area contributed by atoms with Gasteiger partial charge in [0, 0.05) is 16.7 Å². The van der Waals surface area contributed by atoms with Crippen LogP contribution in [0.5, 0.6) is 0 Å². The fraction of sp³-hybridized carbons (Fsp3) is 0.0370. The molecular weight excluding hydrogens is 380 g/mol. The van der Waals surface area contributed by atoms with E-state index in [1.807, 2.05) is 18.2 Å². The molecule has 2 nitrogen and oxygen atoms in total. The van der Waals surface area contributed by atoms with E-state index in [9.17, 15) is 0 Å². The molecule has 0 N–H and O–H groups in total. The van der Waals surface area contributed by atoms with Crippen molar-refractivity contribution in [3.8, 4) is 33.9 Å². The van der Waals surface area contributed by atoms with Gasteiger partial charge in [0.2, 0.25) is 0 Å². The van der Waals surface area contributed by atoms with Crippen molar-refractivity contribution in [1.82, 2.24) is 9.97 Å². The Balaban J connectivity index is 1.68. The normalized spacial score (nSPS) is 14.5. The Labute approximate surface area is 177 Å². The first-order chi connectivity index (χ1) is 14.8. The quantitative estimate of drug-likeness (QED) is 0.393. The predicted octanol–water partition coefficient (Wildman–Crippen LogP) is 4.92. The fourth-order valence-corrected chi connectivity index (χ4v) is 7.29. The molecule has 0 amide bonds. The molecule has 142 valence electrons. The number of nitrogens with zero attached hydrogens (tertiary/aromatic N) is 2. The zero-order valence-electron chi connectivity index (χ0n) is 16.7. The first-order valence-corrected chi connectivity index (χ1v) is 12.7. The van der Waals surface area contributed by atoms with Crippen LogP contribution in [0.4, 0.5) is 0 Å². The molecule has 0 radical (unpaired) electrons. The van der Waals surface area contributed by atoms with Gasteiger partial charge < -0.3 is 0 Å². The molecule has 0 fully saturated rings. The van der Waals surface area contributed by atoms with Crippen molar-refractivity contribution in [1.29, 1.82) is 0 Å². The molecule has 6 rings (SSSR count). The first kappa shape index (κ1) is 17.3. The monoisotopic (exact) mass is 400 g/mol. The van der Waals surface area contributed by atoms with Gasteiger partial charge >= 0.3 is 0 Å². The van der Waals surface area contributed by atoms with Gasteiger partial charge in [-0.15, -0.1) is 0 Å². The van der Waals surface area contributed by atoms with Gasteiger partial charge in [-0.05, 0) is 27.2 Å². The number of benzene rings is 4. The van der Waals surface area contributed by atoms with Gasteiger partial charge in [0.25, 0.3) is 0 Å². The van der Waals surface area contributed by atoms with Gasteiger partial charge in [-0.1, -0.05) is 97.5 Å². The smallest absolute Gasteiger partial charge is 0.160 e. The molecule has 1 atom stereocenters. The SMILES string of the molecule is C[SiH]1c2cc3ccccc3cc2-c2nc(-c3ccccc3)nc(-c3ccccc3)c21. The predicted molar refractivity (Wildman–Crippen MR) is 128 cm³/mol. The molecule has 5 aromatic rings. The van der Waals surface area contributed by atoms with Crippen LogP contribution in [-0.2, 0) is 0 Å². The fourth-order valence-electron chi connectivity index (χ4n) is 4.59. The summed E-state index contributed by atoms with van der Waals surface area (Å²) in [7, 11) is -1.40. The highest BCUT2D eigenvalue weighted by molar-refractivity contribution is 6.89. The molecule has 0 saturated carbocycles. The van der Waals surface area contributed by atoms with Gasteiger partial charge in [-0.3, -0.25) is 0 Å². The zero-order valence-corrected chi connectivity index (χ0v) is 17.9. The minimum Gasteiger partial charge on any atom is -0.228 e. The summed E-state index contributed by atoms with van der Waals surface area (Å²) in [5.41, 5.74) is 5.74. The van der Waals surface area contributed by atoms with Gasteiger partial charge in [0.15, 0.2) is 5.82 Å². The second-order valence-electron chi connectivity index (χ2n) is 7.90. The van der Waals surface area contributed by atoms with E-state index in [4.69, 9.17) is 9.97 Å². The van der Waals surface area contributed by atoms with E-state index in [0.717, 1.165) is 22.8 Å². The number of aromatic nitrogens is 2. The maximum Gasteiger partial charge on any atom is 0.160 e.